The molecule has 1 saturated heterocycles. The van der Waals surface area contributed by atoms with Crippen molar-refractivity contribution in [3.8, 4) is 0 Å². The lowest BCUT2D eigenvalue weighted by molar-refractivity contribution is 0.0290. The van der Waals surface area contributed by atoms with Crippen molar-refractivity contribution in [2.24, 2.45) is 5.92 Å². The summed E-state index contributed by atoms with van der Waals surface area (Å²) in [7, 11) is 0. The number of likely N-dealkylation sites (tertiary alicyclic amines) is 1. The van der Waals surface area contributed by atoms with Gasteiger partial charge in [0, 0.05) is 19.0 Å². The van der Waals surface area contributed by atoms with Crippen LogP contribution in [0.5, 0.6) is 0 Å². The monoisotopic (exact) mass is 233 g/mol. The number of hydrogen-bond acceptors (Lipinski definition) is 2. The minimum atomic E-state index is -0.127. The fraction of sp³-hybridized carbons (Fsp3) is 0.600. The van der Waals surface area contributed by atoms with Gasteiger partial charge < -0.3 is 10.0 Å². The zero-order valence-corrected chi connectivity index (χ0v) is 10.9. The van der Waals surface area contributed by atoms with Crippen molar-refractivity contribution in [2.75, 3.05) is 19.6 Å². The number of aryl methyl sites for hydroxylation is 1. The van der Waals surface area contributed by atoms with Gasteiger partial charge in [-0.15, -0.1) is 0 Å². The molecule has 0 spiro atoms. The highest BCUT2D eigenvalue weighted by molar-refractivity contribution is 5.22. The largest absolute Gasteiger partial charge is 0.393 e. The predicted molar refractivity (Wildman–Crippen MR) is 71.1 cm³/mol. The van der Waals surface area contributed by atoms with Gasteiger partial charge in [0.1, 0.15) is 0 Å². The summed E-state index contributed by atoms with van der Waals surface area (Å²) < 4.78 is 0. The molecule has 1 fully saturated rings. The van der Waals surface area contributed by atoms with Gasteiger partial charge in [0.2, 0.25) is 0 Å². The van der Waals surface area contributed by atoms with Crippen LogP contribution in [-0.4, -0.2) is 35.7 Å². The Balaban J connectivity index is 2.01. The third-order valence-corrected chi connectivity index (χ3v) is 3.81. The van der Waals surface area contributed by atoms with Crippen molar-refractivity contribution in [1.29, 1.82) is 0 Å². The van der Waals surface area contributed by atoms with E-state index in [0.29, 0.717) is 5.92 Å². The predicted octanol–water partition coefficient (Wildman–Crippen LogP) is 2.24. The van der Waals surface area contributed by atoms with E-state index in [2.05, 4.69) is 43.0 Å². The summed E-state index contributed by atoms with van der Waals surface area (Å²) in [6, 6.07) is 8.64. The van der Waals surface area contributed by atoms with Gasteiger partial charge in [-0.1, -0.05) is 36.8 Å². The minimum Gasteiger partial charge on any atom is -0.393 e. The van der Waals surface area contributed by atoms with Crippen molar-refractivity contribution < 1.29 is 5.11 Å². The molecule has 1 heterocycles. The molecule has 2 heteroatoms. The lowest BCUT2D eigenvalue weighted by Crippen LogP contribution is -2.43. The van der Waals surface area contributed by atoms with E-state index in [-0.39, 0.29) is 6.10 Å². The summed E-state index contributed by atoms with van der Waals surface area (Å²) in [5, 5.41) is 10.1. The maximum atomic E-state index is 10.1. The van der Waals surface area contributed by atoms with Gasteiger partial charge in [0.25, 0.3) is 0 Å². The Labute approximate surface area is 104 Å². The van der Waals surface area contributed by atoms with Gasteiger partial charge in [-0.05, 0) is 31.9 Å². The average molecular weight is 233 g/mol. The zero-order chi connectivity index (χ0) is 12.3. The summed E-state index contributed by atoms with van der Waals surface area (Å²) in [5.74, 6) is 0.394. The standard InChI is InChI=1S/C15H23NO/c1-3-16-8-7-15(17)14(11-16)10-13-6-4-5-12(2)9-13/h4-6,9,14-15,17H,3,7-8,10-11H2,1-2H3. The molecule has 1 N–H and O–H groups in total. The molecular weight excluding hydrogens is 210 g/mol. The molecule has 2 rings (SSSR count). The molecule has 2 atom stereocenters. The second-order valence-corrected chi connectivity index (χ2v) is 5.20. The van der Waals surface area contributed by atoms with E-state index in [0.717, 1.165) is 32.5 Å². The molecule has 0 radical (unpaired) electrons. The summed E-state index contributed by atoms with van der Waals surface area (Å²) in [6.07, 6.45) is 1.79. The highest BCUT2D eigenvalue weighted by atomic mass is 16.3. The molecule has 94 valence electrons. The van der Waals surface area contributed by atoms with Crippen LogP contribution in [0.3, 0.4) is 0 Å². The van der Waals surface area contributed by atoms with E-state index in [4.69, 9.17) is 0 Å². The average Bonchev–Trinajstić information content (AvgIpc) is 2.32. The number of benzene rings is 1. The lowest BCUT2D eigenvalue weighted by atomic mass is 9.88. The lowest BCUT2D eigenvalue weighted by Gasteiger charge is -2.35. The maximum absolute atomic E-state index is 10.1. The van der Waals surface area contributed by atoms with Gasteiger partial charge in [-0.2, -0.15) is 0 Å². The van der Waals surface area contributed by atoms with Crippen molar-refractivity contribution in [1.82, 2.24) is 4.90 Å². The number of rotatable bonds is 3. The van der Waals surface area contributed by atoms with Gasteiger partial charge in [0.05, 0.1) is 6.10 Å². The van der Waals surface area contributed by atoms with Crippen LogP contribution < -0.4 is 0 Å². The molecule has 2 nitrogen and oxygen atoms in total. The summed E-state index contributed by atoms with van der Waals surface area (Å²) in [6.45, 7) is 7.49. The molecule has 1 aromatic carbocycles. The SMILES string of the molecule is CCN1CCC(O)C(Cc2cccc(C)c2)C1. The molecule has 0 bridgehead atoms. The first-order valence-corrected chi connectivity index (χ1v) is 6.65. The zero-order valence-electron chi connectivity index (χ0n) is 10.9. The van der Waals surface area contributed by atoms with Crippen LogP contribution in [-0.2, 0) is 6.42 Å². The first-order valence-electron chi connectivity index (χ1n) is 6.65. The first-order chi connectivity index (χ1) is 8.19. The second kappa shape index (κ2) is 5.65. The fourth-order valence-corrected chi connectivity index (χ4v) is 2.72. The van der Waals surface area contributed by atoms with E-state index in [9.17, 15) is 5.11 Å². The van der Waals surface area contributed by atoms with Crippen LogP contribution in [0.4, 0.5) is 0 Å². The molecule has 17 heavy (non-hydrogen) atoms. The van der Waals surface area contributed by atoms with E-state index in [1.54, 1.807) is 0 Å². The van der Waals surface area contributed by atoms with Gasteiger partial charge in [-0.25, -0.2) is 0 Å². The van der Waals surface area contributed by atoms with Crippen molar-refractivity contribution in [2.45, 2.75) is 32.8 Å². The Hall–Kier alpha value is -0.860. The molecule has 2 unspecified atom stereocenters. The normalized spacial score (nSPS) is 26.1. The fourth-order valence-electron chi connectivity index (χ4n) is 2.72. The Bertz CT molecular complexity index is 364. The quantitative estimate of drug-likeness (QED) is 0.865. The third kappa shape index (κ3) is 3.30. The smallest absolute Gasteiger partial charge is 0.0596 e. The topological polar surface area (TPSA) is 23.5 Å². The number of piperidine rings is 1. The van der Waals surface area contributed by atoms with Crippen molar-refractivity contribution in [3.05, 3.63) is 35.4 Å². The van der Waals surface area contributed by atoms with Crippen LogP contribution >= 0.6 is 0 Å². The van der Waals surface area contributed by atoms with E-state index >= 15 is 0 Å². The highest BCUT2D eigenvalue weighted by Crippen LogP contribution is 2.21. The van der Waals surface area contributed by atoms with Crippen LogP contribution in [0.1, 0.15) is 24.5 Å². The van der Waals surface area contributed by atoms with Crippen LogP contribution in [0.15, 0.2) is 24.3 Å². The van der Waals surface area contributed by atoms with Gasteiger partial charge >= 0.3 is 0 Å². The minimum absolute atomic E-state index is 0.127. The third-order valence-electron chi connectivity index (χ3n) is 3.81. The Morgan fingerprint density at radius 2 is 2.24 bits per heavy atom. The molecule has 0 aromatic heterocycles. The number of nitrogens with zero attached hydrogens (tertiary/aromatic N) is 1. The molecule has 1 aliphatic heterocycles. The second-order valence-electron chi connectivity index (χ2n) is 5.20. The first kappa shape index (κ1) is 12.6. The van der Waals surface area contributed by atoms with Crippen LogP contribution in [0.25, 0.3) is 0 Å². The Morgan fingerprint density at radius 3 is 2.94 bits per heavy atom. The molecule has 1 aliphatic rings. The maximum Gasteiger partial charge on any atom is 0.0596 e. The van der Waals surface area contributed by atoms with Crippen molar-refractivity contribution in [3.63, 3.8) is 0 Å². The summed E-state index contributed by atoms with van der Waals surface area (Å²) in [5.41, 5.74) is 2.66. The highest BCUT2D eigenvalue weighted by Gasteiger charge is 2.26. The van der Waals surface area contributed by atoms with Crippen molar-refractivity contribution >= 4 is 0 Å². The molecule has 1 aromatic rings. The number of aliphatic hydroxyl groups excluding tert-OH is 1. The number of aliphatic hydroxyl groups is 1. The van der Waals surface area contributed by atoms with E-state index < -0.39 is 0 Å². The summed E-state index contributed by atoms with van der Waals surface area (Å²) in [4.78, 5) is 2.44. The Kier molecular flexibility index (Phi) is 4.19. The molecular formula is C15H23NO. The van der Waals surface area contributed by atoms with Crippen LogP contribution in [0.2, 0.25) is 0 Å². The Morgan fingerprint density at radius 1 is 1.41 bits per heavy atom. The molecule has 0 saturated carbocycles. The van der Waals surface area contributed by atoms with Gasteiger partial charge in [0.15, 0.2) is 0 Å². The van der Waals surface area contributed by atoms with Gasteiger partial charge in [-0.3, -0.25) is 0 Å². The molecule has 0 aliphatic carbocycles. The van der Waals surface area contributed by atoms with E-state index in [1.807, 2.05) is 0 Å². The van der Waals surface area contributed by atoms with Crippen LogP contribution in [0, 0.1) is 12.8 Å². The summed E-state index contributed by atoms with van der Waals surface area (Å²) >= 11 is 0. The number of hydrogen-bond donors (Lipinski definition) is 1. The van der Waals surface area contributed by atoms with E-state index in [1.165, 1.54) is 11.1 Å². The molecule has 0 amide bonds.